The first kappa shape index (κ1) is 19.9. The summed E-state index contributed by atoms with van der Waals surface area (Å²) >= 11 is 0. The number of rotatable bonds is 2. The van der Waals surface area contributed by atoms with Crippen molar-refractivity contribution < 1.29 is 71.9 Å². The van der Waals surface area contributed by atoms with Gasteiger partial charge in [-0.1, -0.05) is 0 Å². The number of aliphatic hydroxyl groups is 4. The Morgan fingerprint density at radius 3 is 2.24 bits per heavy atom. The summed E-state index contributed by atoms with van der Waals surface area (Å²) in [6.45, 7) is 0.687. The number of nitrogens with one attached hydrogen (secondary N) is 1. The summed E-state index contributed by atoms with van der Waals surface area (Å²) in [7, 11) is 0. The molecule has 0 spiro atoms. The van der Waals surface area contributed by atoms with Crippen LogP contribution in [-0.2, 0) is 9.53 Å². The number of amides is 1. The Labute approximate surface area is 127 Å². The van der Waals surface area contributed by atoms with Crippen molar-refractivity contribution in [2.24, 2.45) is 0 Å². The van der Waals surface area contributed by atoms with Crippen LogP contribution in [0.2, 0.25) is 0 Å². The van der Waals surface area contributed by atoms with Gasteiger partial charge in [-0.2, -0.15) is 0 Å². The number of halogens is 1. The van der Waals surface area contributed by atoms with Gasteiger partial charge in [-0.3, -0.25) is 4.79 Å². The average Bonchev–Trinajstić information content (AvgIpc) is 2.18. The summed E-state index contributed by atoms with van der Waals surface area (Å²) in [6, 6.07) is -1.10. The smallest absolute Gasteiger partial charge is 1.00 e. The molecule has 1 fully saturated rings. The molecule has 0 aromatic rings. The molecule has 1 saturated heterocycles. The Kier molecular flexibility index (Phi) is 10.1. The van der Waals surface area contributed by atoms with Crippen molar-refractivity contribution in [3.8, 4) is 0 Å². The molecule has 0 aromatic heterocycles. The molecule has 1 aliphatic rings. The van der Waals surface area contributed by atoms with Crippen LogP contribution >= 0.6 is 0 Å². The van der Waals surface area contributed by atoms with Crippen LogP contribution in [0, 0.1) is 0 Å². The Morgan fingerprint density at radius 1 is 1.29 bits per heavy atom. The standard InChI is InChI=1S/C8H15NO6.ClH.Na/c1-3(11)9-5-7(13)6(12)4(2-10)15-8(5)14;;/h4-8,10,12-14H,2H2,1H3,(H,9,11);1H;/q;;+1/p-1/t4-,5-,6-,7-,8?;;/m1../s1. The maximum Gasteiger partial charge on any atom is 1.00 e. The van der Waals surface area contributed by atoms with Crippen LogP contribution in [0.5, 0.6) is 0 Å². The summed E-state index contributed by atoms with van der Waals surface area (Å²) in [6.07, 6.45) is -5.24. The van der Waals surface area contributed by atoms with E-state index in [1.807, 2.05) is 0 Å². The third-order valence-corrected chi connectivity index (χ3v) is 2.27. The SMILES string of the molecule is CC(=O)N[C@H]1C(O)O[C@H](CO)[C@@H](O)[C@@H]1O.[Cl-].[Na+]. The van der Waals surface area contributed by atoms with Crippen LogP contribution in [0.3, 0.4) is 0 Å². The van der Waals surface area contributed by atoms with Crippen LogP contribution in [0.15, 0.2) is 0 Å². The molecule has 5 atom stereocenters. The summed E-state index contributed by atoms with van der Waals surface area (Å²) in [5.41, 5.74) is 0. The molecule has 1 heterocycles. The molecule has 0 radical (unpaired) electrons. The zero-order chi connectivity index (χ0) is 11.6. The molecule has 0 bridgehead atoms. The average molecular weight is 280 g/mol. The van der Waals surface area contributed by atoms with Crippen molar-refractivity contribution in [1.82, 2.24) is 5.32 Å². The van der Waals surface area contributed by atoms with E-state index in [9.17, 15) is 20.1 Å². The quantitative estimate of drug-likeness (QED) is 0.320. The monoisotopic (exact) mass is 279 g/mol. The Bertz CT molecular complexity index is 246. The largest absolute Gasteiger partial charge is 1.00 e. The Morgan fingerprint density at radius 2 is 1.82 bits per heavy atom. The third-order valence-electron chi connectivity index (χ3n) is 2.27. The fourth-order valence-electron chi connectivity index (χ4n) is 1.49. The summed E-state index contributed by atoms with van der Waals surface area (Å²) in [5.74, 6) is -0.462. The minimum Gasteiger partial charge on any atom is -1.00 e. The molecule has 0 aromatic carbocycles. The molecule has 0 aliphatic carbocycles. The molecule has 9 heteroatoms. The molecule has 1 aliphatic heterocycles. The van der Waals surface area contributed by atoms with E-state index in [-0.39, 0.29) is 42.0 Å². The van der Waals surface area contributed by atoms with Crippen molar-refractivity contribution in [2.75, 3.05) is 6.61 Å². The first-order valence-corrected chi connectivity index (χ1v) is 4.55. The zero-order valence-corrected chi connectivity index (χ0v) is 12.3. The summed E-state index contributed by atoms with van der Waals surface area (Å²) < 4.78 is 4.81. The minimum absolute atomic E-state index is 0. The first-order valence-electron chi connectivity index (χ1n) is 4.55. The second-order valence-corrected chi connectivity index (χ2v) is 3.46. The van der Waals surface area contributed by atoms with Crippen LogP contribution in [0.4, 0.5) is 0 Å². The van der Waals surface area contributed by atoms with Crippen LogP contribution in [0.1, 0.15) is 6.92 Å². The molecule has 1 amide bonds. The molecule has 5 N–H and O–H groups in total. The van der Waals surface area contributed by atoms with Gasteiger partial charge in [0.2, 0.25) is 5.91 Å². The van der Waals surface area contributed by atoms with Crippen molar-refractivity contribution in [1.29, 1.82) is 0 Å². The number of hydrogen-bond donors (Lipinski definition) is 5. The van der Waals surface area contributed by atoms with E-state index in [1.54, 1.807) is 0 Å². The predicted octanol–water partition coefficient (Wildman–Crippen LogP) is -9.07. The first-order chi connectivity index (χ1) is 6.97. The van der Waals surface area contributed by atoms with Gasteiger partial charge in [0.25, 0.3) is 0 Å². The van der Waals surface area contributed by atoms with Crippen molar-refractivity contribution in [3.63, 3.8) is 0 Å². The molecule has 96 valence electrons. The third kappa shape index (κ3) is 4.98. The van der Waals surface area contributed by atoms with Gasteiger partial charge in [-0.25, -0.2) is 0 Å². The van der Waals surface area contributed by atoms with E-state index < -0.39 is 43.2 Å². The van der Waals surface area contributed by atoms with Gasteiger partial charge >= 0.3 is 29.6 Å². The fraction of sp³-hybridized carbons (Fsp3) is 0.875. The molecule has 7 nitrogen and oxygen atoms in total. The molecule has 17 heavy (non-hydrogen) atoms. The van der Waals surface area contributed by atoms with E-state index in [1.165, 1.54) is 6.92 Å². The normalized spacial score (nSPS) is 36.4. The number of ether oxygens (including phenoxy) is 1. The number of hydrogen-bond acceptors (Lipinski definition) is 6. The second kappa shape index (κ2) is 8.63. The van der Waals surface area contributed by atoms with Gasteiger partial charge in [-0.05, 0) is 0 Å². The van der Waals surface area contributed by atoms with E-state index in [0.29, 0.717) is 0 Å². The molecule has 1 rings (SSSR count). The van der Waals surface area contributed by atoms with E-state index in [2.05, 4.69) is 5.32 Å². The second-order valence-electron chi connectivity index (χ2n) is 3.46. The Hall–Kier alpha value is 0.560. The fourth-order valence-corrected chi connectivity index (χ4v) is 1.49. The molecule has 0 saturated carbocycles. The van der Waals surface area contributed by atoms with Gasteiger partial charge in [0.1, 0.15) is 24.4 Å². The van der Waals surface area contributed by atoms with E-state index in [4.69, 9.17) is 9.84 Å². The van der Waals surface area contributed by atoms with Crippen molar-refractivity contribution in [2.45, 2.75) is 37.6 Å². The minimum atomic E-state index is -1.45. The van der Waals surface area contributed by atoms with Gasteiger partial charge in [0.05, 0.1) is 6.61 Å². The van der Waals surface area contributed by atoms with Crippen LogP contribution in [-0.4, -0.2) is 63.6 Å². The van der Waals surface area contributed by atoms with Crippen molar-refractivity contribution >= 4 is 5.91 Å². The van der Waals surface area contributed by atoms with E-state index in [0.717, 1.165) is 0 Å². The number of aliphatic hydroxyl groups excluding tert-OH is 4. The van der Waals surface area contributed by atoms with Crippen molar-refractivity contribution in [3.05, 3.63) is 0 Å². The van der Waals surface area contributed by atoms with Crippen LogP contribution in [0.25, 0.3) is 0 Å². The molecular formula is C8H15ClNNaO6. The van der Waals surface area contributed by atoms with Gasteiger partial charge in [-0.15, -0.1) is 0 Å². The summed E-state index contributed by atoms with van der Waals surface area (Å²) in [5, 5.41) is 39.4. The topological polar surface area (TPSA) is 119 Å². The van der Waals surface area contributed by atoms with E-state index >= 15 is 0 Å². The zero-order valence-electron chi connectivity index (χ0n) is 9.58. The summed E-state index contributed by atoms with van der Waals surface area (Å²) in [4.78, 5) is 10.7. The van der Waals surface area contributed by atoms with Gasteiger partial charge in [0, 0.05) is 6.92 Å². The Balaban J connectivity index is 0. The van der Waals surface area contributed by atoms with Gasteiger partial charge in [0.15, 0.2) is 6.29 Å². The maximum absolute atomic E-state index is 10.7. The predicted molar refractivity (Wildman–Crippen MR) is 47.6 cm³/mol. The molecule has 1 unspecified atom stereocenters. The van der Waals surface area contributed by atoms with Crippen LogP contribution < -0.4 is 47.3 Å². The molecular weight excluding hydrogens is 265 g/mol. The number of carbonyl (C=O) groups excluding carboxylic acids is 1. The van der Waals surface area contributed by atoms with Gasteiger partial charge < -0.3 is 42.9 Å². The number of carbonyl (C=O) groups is 1. The maximum atomic E-state index is 10.7.